The fourth-order valence-corrected chi connectivity index (χ4v) is 3.41. The van der Waals surface area contributed by atoms with Crippen LogP contribution in [0.5, 0.6) is 17.2 Å². The molecule has 0 N–H and O–H groups in total. The zero-order valence-corrected chi connectivity index (χ0v) is 16.2. The van der Waals surface area contributed by atoms with Gasteiger partial charge in [0.05, 0.1) is 39.4 Å². The highest BCUT2D eigenvalue weighted by Crippen LogP contribution is 2.44. The molecule has 0 amide bonds. The molecule has 1 aliphatic rings. The zero-order valence-electron chi connectivity index (χ0n) is 16.2. The molecule has 0 atom stereocenters. The monoisotopic (exact) mass is 381 g/mol. The van der Waals surface area contributed by atoms with Crippen LogP contribution in [-0.2, 0) is 11.3 Å². The van der Waals surface area contributed by atoms with Crippen LogP contribution >= 0.6 is 0 Å². The smallest absolute Gasteiger partial charge is 0.205 e. The maximum Gasteiger partial charge on any atom is 0.205 e. The quantitative estimate of drug-likeness (QED) is 0.623. The van der Waals surface area contributed by atoms with Gasteiger partial charge in [0.15, 0.2) is 11.5 Å². The molecule has 1 aliphatic heterocycles. The van der Waals surface area contributed by atoms with Gasteiger partial charge in [0.25, 0.3) is 0 Å². The zero-order chi connectivity index (χ0) is 19.5. The van der Waals surface area contributed by atoms with Crippen LogP contribution < -0.4 is 19.1 Å². The van der Waals surface area contributed by atoms with Gasteiger partial charge in [-0.3, -0.25) is 0 Å². The van der Waals surface area contributed by atoms with Crippen molar-refractivity contribution in [2.75, 3.05) is 39.3 Å². The van der Waals surface area contributed by atoms with Crippen LogP contribution in [0.25, 0.3) is 10.9 Å². The minimum atomic E-state index is 0.173. The van der Waals surface area contributed by atoms with Gasteiger partial charge >= 0.3 is 0 Å². The molecule has 7 nitrogen and oxygen atoms in total. The maximum absolute atomic E-state index is 6.00. The number of hydrogen-bond donors (Lipinski definition) is 0. The Kier molecular flexibility index (Phi) is 5.16. The van der Waals surface area contributed by atoms with Crippen molar-refractivity contribution >= 4 is 16.7 Å². The minimum absolute atomic E-state index is 0.173. The van der Waals surface area contributed by atoms with Gasteiger partial charge < -0.3 is 23.8 Å². The van der Waals surface area contributed by atoms with Crippen LogP contribution in [0.3, 0.4) is 0 Å². The lowest BCUT2D eigenvalue weighted by molar-refractivity contribution is 0.0222. The van der Waals surface area contributed by atoms with Crippen molar-refractivity contribution in [2.45, 2.75) is 12.7 Å². The van der Waals surface area contributed by atoms with Crippen molar-refractivity contribution in [1.29, 1.82) is 0 Å². The molecule has 28 heavy (non-hydrogen) atoms. The van der Waals surface area contributed by atoms with Gasteiger partial charge in [-0.05, 0) is 11.6 Å². The highest BCUT2D eigenvalue weighted by atomic mass is 16.5. The summed E-state index contributed by atoms with van der Waals surface area (Å²) < 4.78 is 22.5. The Morgan fingerprint density at radius 3 is 2.39 bits per heavy atom. The molecule has 0 saturated carbocycles. The summed E-state index contributed by atoms with van der Waals surface area (Å²) in [5.41, 5.74) is 1.87. The summed E-state index contributed by atoms with van der Waals surface area (Å²) >= 11 is 0. The van der Waals surface area contributed by atoms with Crippen LogP contribution in [0, 0.1) is 0 Å². The molecule has 0 radical (unpaired) electrons. The molecule has 4 rings (SSSR count). The molecule has 0 aliphatic carbocycles. The second kappa shape index (κ2) is 7.90. The van der Waals surface area contributed by atoms with E-state index in [2.05, 4.69) is 27.0 Å². The Bertz CT molecular complexity index is 959. The van der Waals surface area contributed by atoms with Gasteiger partial charge in [0.1, 0.15) is 17.7 Å². The van der Waals surface area contributed by atoms with E-state index in [1.165, 1.54) is 5.56 Å². The van der Waals surface area contributed by atoms with E-state index >= 15 is 0 Å². The predicted octanol–water partition coefficient (Wildman–Crippen LogP) is 3.06. The van der Waals surface area contributed by atoms with Crippen molar-refractivity contribution in [2.24, 2.45) is 0 Å². The van der Waals surface area contributed by atoms with E-state index in [1.54, 1.807) is 27.7 Å². The second-order valence-corrected chi connectivity index (χ2v) is 6.56. The molecule has 1 fully saturated rings. The number of anilines is 1. The SMILES string of the molecule is COc1cc2c(N3CC(OCc4ccccc4)C3)ncnc2c(OC)c1OC. The maximum atomic E-state index is 6.00. The van der Waals surface area contributed by atoms with Crippen LogP contribution in [-0.4, -0.2) is 50.5 Å². The van der Waals surface area contributed by atoms with Crippen molar-refractivity contribution in [3.63, 3.8) is 0 Å². The largest absolute Gasteiger partial charge is 0.493 e. The van der Waals surface area contributed by atoms with E-state index in [9.17, 15) is 0 Å². The van der Waals surface area contributed by atoms with Gasteiger partial charge in [-0.2, -0.15) is 0 Å². The number of benzene rings is 2. The van der Waals surface area contributed by atoms with Gasteiger partial charge in [-0.25, -0.2) is 9.97 Å². The Balaban J connectivity index is 1.55. The molecule has 1 aromatic heterocycles. The number of aromatic nitrogens is 2. The van der Waals surface area contributed by atoms with Crippen LogP contribution in [0.15, 0.2) is 42.7 Å². The lowest BCUT2D eigenvalue weighted by Crippen LogP contribution is -2.52. The van der Waals surface area contributed by atoms with Crippen LogP contribution in [0.4, 0.5) is 5.82 Å². The predicted molar refractivity (Wildman–Crippen MR) is 106 cm³/mol. The summed E-state index contributed by atoms with van der Waals surface area (Å²) in [5, 5.41) is 0.860. The summed E-state index contributed by atoms with van der Waals surface area (Å²) in [6.07, 6.45) is 1.72. The molecule has 2 heterocycles. The first-order chi connectivity index (χ1) is 13.7. The van der Waals surface area contributed by atoms with E-state index in [-0.39, 0.29) is 6.10 Å². The summed E-state index contributed by atoms with van der Waals surface area (Å²) in [5.74, 6) is 2.48. The first-order valence-electron chi connectivity index (χ1n) is 9.09. The number of hydrogen-bond acceptors (Lipinski definition) is 7. The van der Waals surface area contributed by atoms with Crippen molar-refractivity contribution in [1.82, 2.24) is 9.97 Å². The first kappa shape index (κ1) is 18.3. The third-order valence-corrected chi connectivity index (χ3v) is 4.89. The number of ether oxygens (including phenoxy) is 4. The molecule has 0 bridgehead atoms. The minimum Gasteiger partial charge on any atom is -0.493 e. The fraction of sp³-hybridized carbons (Fsp3) is 0.333. The number of fused-ring (bicyclic) bond motifs is 1. The number of methoxy groups -OCH3 is 3. The fourth-order valence-electron chi connectivity index (χ4n) is 3.41. The van der Waals surface area contributed by atoms with Crippen molar-refractivity contribution in [3.05, 3.63) is 48.3 Å². The summed E-state index contributed by atoms with van der Waals surface area (Å²) in [4.78, 5) is 11.1. The van der Waals surface area contributed by atoms with E-state index in [4.69, 9.17) is 18.9 Å². The van der Waals surface area contributed by atoms with E-state index in [0.717, 1.165) is 24.3 Å². The Hall–Kier alpha value is -3.06. The number of nitrogens with zero attached hydrogens (tertiary/aromatic N) is 3. The third-order valence-electron chi connectivity index (χ3n) is 4.89. The highest BCUT2D eigenvalue weighted by molar-refractivity contribution is 5.97. The molecular formula is C21H23N3O4. The summed E-state index contributed by atoms with van der Waals surface area (Å²) in [6.45, 7) is 2.16. The van der Waals surface area contributed by atoms with E-state index in [1.807, 2.05) is 24.3 Å². The Labute approximate surface area is 163 Å². The lowest BCUT2D eigenvalue weighted by Gasteiger charge is -2.40. The van der Waals surface area contributed by atoms with E-state index in [0.29, 0.717) is 29.4 Å². The first-order valence-corrected chi connectivity index (χ1v) is 9.09. The van der Waals surface area contributed by atoms with Crippen molar-refractivity contribution < 1.29 is 18.9 Å². The third kappa shape index (κ3) is 3.29. The van der Waals surface area contributed by atoms with Gasteiger partial charge in [-0.1, -0.05) is 30.3 Å². The Morgan fingerprint density at radius 2 is 1.71 bits per heavy atom. The van der Waals surface area contributed by atoms with Gasteiger partial charge in [0.2, 0.25) is 5.75 Å². The molecule has 146 valence electrons. The standard InChI is InChI=1S/C21H23N3O4/c1-25-17-9-16-18(20(27-3)19(17)26-2)22-13-23-21(16)24-10-15(11-24)28-12-14-7-5-4-6-8-14/h4-9,13,15H,10-12H2,1-3H3. The summed E-state index contributed by atoms with van der Waals surface area (Å²) in [7, 11) is 4.78. The average Bonchev–Trinajstić information content (AvgIpc) is 2.71. The van der Waals surface area contributed by atoms with Crippen LogP contribution in [0.1, 0.15) is 5.56 Å². The van der Waals surface area contributed by atoms with Gasteiger partial charge in [-0.15, -0.1) is 0 Å². The second-order valence-electron chi connectivity index (χ2n) is 6.56. The van der Waals surface area contributed by atoms with Crippen molar-refractivity contribution in [3.8, 4) is 17.2 Å². The number of rotatable bonds is 7. The molecule has 0 unspecified atom stereocenters. The molecule has 7 heteroatoms. The Morgan fingerprint density at radius 1 is 0.964 bits per heavy atom. The lowest BCUT2D eigenvalue weighted by atomic mass is 10.1. The molecule has 1 saturated heterocycles. The average molecular weight is 381 g/mol. The highest BCUT2D eigenvalue weighted by Gasteiger charge is 2.31. The molecule has 0 spiro atoms. The molecular weight excluding hydrogens is 358 g/mol. The van der Waals surface area contributed by atoms with E-state index < -0.39 is 0 Å². The van der Waals surface area contributed by atoms with Gasteiger partial charge in [0, 0.05) is 13.1 Å². The van der Waals surface area contributed by atoms with Crippen LogP contribution in [0.2, 0.25) is 0 Å². The molecule has 3 aromatic rings. The topological polar surface area (TPSA) is 65.9 Å². The normalized spacial score (nSPS) is 14.0. The molecule has 2 aromatic carbocycles. The summed E-state index contributed by atoms with van der Waals surface area (Å²) in [6, 6.07) is 12.1.